The molecule has 0 spiro atoms. The molecule has 0 heterocycles. The van der Waals surface area contributed by atoms with Crippen molar-refractivity contribution in [3.63, 3.8) is 0 Å². The van der Waals surface area contributed by atoms with Crippen LogP contribution in [0, 0.1) is 23.7 Å². The highest BCUT2D eigenvalue weighted by atomic mass is 31.2. The van der Waals surface area contributed by atoms with Gasteiger partial charge in [-0.3, -0.25) is 37.3 Å². The number of carbonyl (C=O) groups excluding carboxylic acids is 4. The molecule has 0 saturated heterocycles. The lowest BCUT2D eigenvalue weighted by molar-refractivity contribution is -0.161. The summed E-state index contributed by atoms with van der Waals surface area (Å²) in [5, 5.41) is 10.6. The molecule has 17 nitrogen and oxygen atoms in total. The van der Waals surface area contributed by atoms with E-state index in [9.17, 15) is 43.2 Å². The van der Waals surface area contributed by atoms with Gasteiger partial charge in [0, 0.05) is 25.7 Å². The van der Waals surface area contributed by atoms with Crippen LogP contribution in [-0.4, -0.2) is 96.7 Å². The van der Waals surface area contributed by atoms with Crippen molar-refractivity contribution >= 4 is 39.5 Å². The van der Waals surface area contributed by atoms with Gasteiger partial charge in [0.1, 0.15) is 19.3 Å². The molecule has 0 aliphatic rings. The molecule has 0 rings (SSSR count). The van der Waals surface area contributed by atoms with Gasteiger partial charge < -0.3 is 33.8 Å². The fourth-order valence-corrected chi connectivity index (χ4v) is 12.7. The van der Waals surface area contributed by atoms with E-state index >= 15 is 0 Å². The third-order valence-corrected chi connectivity index (χ3v) is 19.3. The van der Waals surface area contributed by atoms with E-state index in [2.05, 4.69) is 55.4 Å². The number of esters is 4. The Kier molecular flexibility index (Phi) is 62.2. The average molecular weight is 1370 g/mol. The first kappa shape index (κ1) is 91.1. The molecule has 0 fully saturated rings. The van der Waals surface area contributed by atoms with Gasteiger partial charge in [-0.25, -0.2) is 9.13 Å². The van der Waals surface area contributed by atoms with Crippen molar-refractivity contribution in [2.75, 3.05) is 39.6 Å². The first-order valence-electron chi connectivity index (χ1n) is 38.2. The molecule has 3 N–H and O–H groups in total. The number of hydrogen-bond acceptors (Lipinski definition) is 15. The Labute approximate surface area is 568 Å². The monoisotopic (exact) mass is 1370 g/mol. The number of phosphoric ester groups is 2. The fourth-order valence-electron chi connectivity index (χ4n) is 11.2. The van der Waals surface area contributed by atoms with Crippen molar-refractivity contribution in [3.05, 3.63) is 0 Å². The van der Waals surface area contributed by atoms with Crippen LogP contribution in [0.25, 0.3) is 0 Å². The highest BCUT2D eigenvalue weighted by Crippen LogP contribution is 2.45. The number of ether oxygens (including phenoxy) is 4. The van der Waals surface area contributed by atoms with Gasteiger partial charge in [0.05, 0.1) is 26.4 Å². The molecule has 0 radical (unpaired) electrons. The minimum atomic E-state index is -4.96. The molecular weight excluding hydrogens is 1220 g/mol. The quantitative estimate of drug-likeness (QED) is 0.0222. The molecule has 4 unspecified atom stereocenters. The Morgan fingerprint density at radius 2 is 0.516 bits per heavy atom. The van der Waals surface area contributed by atoms with E-state index in [0.29, 0.717) is 25.7 Å². The largest absolute Gasteiger partial charge is 0.472 e. The molecule has 0 bridgehead atoms. The molecule has 0 saturated carbocycles. The number of unbranched alkanes of at least 4 members (excludes halogenated alkanes) is 36. The molecule has 0 aromatic rings. The Balaban J connectivity index is 5.23. The molecule has 93 heavy (non-hydrogen) atoms. The van der Waals surface area contributed by atoms with Gasteiger partial charge in [-0.1, -0.05) is 319 Å². The second-order valence-corrected chi connectivity index (χ2v) is 31.3. The van der Waals surface area contributed by atoms with Gasteiger partial charge in [0.15, 0.2) is 12.2 Å². The number of hydrogen-bond donors (Lipinski definition) is 3. The van der Waals surface area contributed by atoms with Crippen LogP contribution >= 0.6 is 15.6 Å². The van der Waals surface area contributed by atoms with Crippen molar-refractivity contribution < 1.29 is 80.2 Å². The van der Waals surface area contributed by atoms with E-state index in [0.717, 1.165) is 114 Å². The van der Waals surface area contributed by atoms with E-state index in [-0.39, 0.29) is 25.7 Å². The zero-order chi connectivity index (χ0) is 68.9. The maximum Gasteiger partial charge on any atom is 0.472 e. The third-order valence-electron chi connectivity index (χ3n) is 17.4. The van der Waals surface area contributed by atoms with Gasteiger partial charge in [0.2, 0.25) is 0 Å². The number of phosphoric acid groups is 2. The Hall–Kier alpha value is -1.94. The lowest BCUT2D eigenvalue weighted by Crippen LogP contribution is -2.30. The smallest absolute Gasteiger partial charge is 0.462 e. The summed E-state index contributed by atoms with van der Waals surface area (Å²) in [5.41, 5.74) is 0. The fraction of sp³-hybridized carbons (Fsp3) is 0.946. The van der Waals surface area contributed by atoms with Crippen molar-refractivity contribution in [2.24, 2.45) is 23.7 Å². The highest BCUT2D eigenvalue weighted by molar-refractivity contribution is 7.47. The van der Waals surface area contributed by atoms with E-state index in [1.54, 1.807) is 0 Å². The SMILES string of the molecule is CCC(C)CCCCCCCCCCC(=O)O[C@H](COC(=O)CCCCCCCCCCC(C)C)COP(=O)(O)OCC(O)COP(=O)(O)OC[C@@H](COC(=O)CCCCCCCCCCC(C)C)OC(=O)CCCCCCCCCCCCCCCCCCC(C)C. The Morgan fingerprint density at radius 3 is 0.763 bits per heavy atom. The highest BCUT2D eigenvalue weighted by Gasteiger charge is 2.30. The predicted octanol–water partition coefficient (Wildman–Crippen LogP) is 21.3. The summed E-state index contributed by atoms with van der Waals surface area (Å²) in [6, 6.07) is 0. The zero-order valence-corrected chi connectivity index (χ0v) is 62.7. The van der Waals surface area contributed by atoms with Crippen molar-refractivity contribution in [1.82, 2.24) is 0 Å². The zero-order valence-electron chi connectivity index (χ0n) is 60.9. The summed E-state index contributed by atoms with van der Waals surface area (Å²) >= 11 is 0. The topological polar surface area (TPSA) is 237 Å². The summed E-state index contributed by atoms with van der Waals surface area (Å²) in [5.74, 6) is 0.905. The second kappa shape index (κ2) is 63.5. The van der Waals surface area contributed by atoms with Crippen LogP contribution in [0.2, 0.25) is 0 Å². The minimum absolute atomic E-state index is 0.104. The van der Waals surface area contributed by atoms with E-state index in [1.165, 1.54) is 173 Å². The van der Waals surface area contributed by atoms with E-state index < -0.39 is 97.5 Å². The van der Waals surface area contributed by atoms with Gasteiger partial charge in [-0.2, -0.15) is 0 Å². The normalized spacial score (nSPS) is 14.5. The molecule has 0 aliphatic carbocycles. The maximum atomic E-state index is 13.1. The summed E-state index contributed by atoms with van der Waals surface area (Å²) in [7, 11) is -9.91. The first-order valence-corrected chi connectivity index (χ1v) is 41.2. The van der Waals surface area contributed by atoms with E-state index in [4.69, 9.17) is 37.0 Å². The standard InChI is InChI=1S/C74H144O17P2/c1-9-67(8)53-45-37-29-22-25-33-41-49-57-74(79)91-70(61-85-72(77)55-47-39-31-24-21-28-36-44-52-66(6)7)63-89-93(82,83)87-59-68(75)58-86-92(80,81)88-62-69(60-84-71(76)54-46-38-30-23-20-27-35-43-51-65(4)5)90-73(78)56-48-40-32-19-17-15-13-11-10-12-14-16-18-26-34-42-50-64(2)3/h64-70,75H,9-63H2,1-8H3,(H,80,81)(H,82,83)/t67?,68?,69-,70-/m1/s1. The lowest BCUT2D eigenvalue weighted by Gasteiger charge is -2.21. The first-order chi connectivity index (χ1) is 44.6. The summed E-state index contributed by atoms with van der Waals surface area (Å²) in [6.45, 7) is 14.1. The van der Waals surface area contributed by atoms with E-state index in [1.807, 2.05) is 0 Å². The summed E-state index contributed by atoms with van der Waals surface area (Å²) in [6.07, 6.45) is 47.3. The molecule has 0 amide bonds. The molecule has 19 heteroatoms. The minimum Gasteiger partial charge on any atom is -0.462 e. The van der Waals surface area contributed by atoms with Crippen LogP contribution in [0.1, 0.15) is 370 Å². The number of rotatable bonds is 71. The predicted molar refractivity (Wildman–Crippen MR) is 377 cm³/mol. The van der Waals surface area contributed by atoms with Crippen LogP contribution < -0.4 is 0 Å². The van der Waals surface area contributed by atoms with Crippen LogP contribution in [0.4, 0.5) is 0 Å². The van der Waals surface area contributed by atoms with Gasteiger partial charge in [-0.05, 0) is 49.4 Å². The van der Waals surface area contributed by atoms with Gasteiger partial charge in [-0.15, -0.1) is 0 Å². The molecule has 6 atom stereocenters. The number of aliphatic hydroxyl groups is 1. The van der Waals surface area contributed by atoms with Crippen LogP contribution in [0.15, 0.2) is 0 Å². The molecule has 0 aromatic heterocycles. The molecule has 552 valence electrons. The second-order valence-electron chi connectivity index (χ2n) is 28.4. The average Bonchev–Trinajstić information content (AvgIpc) is 3.55. The van der Waals surface area contributed by atoms with Crippen molar-refractivity contribution in [3.8, 4) is 0 Å². The summed E-state index contributed by atoms with van der Waals surface area (Å²) in [4.78, 5) is 72.7. The Morgan fingerprint density at radius 1 is 0.301 bits per heavy atom. The number of carbonyl (C=O) groups is 4. The van der Waals surface area contributed by atoms with Gasteiger partial charge in [0.25, 0.3) is 0 Å². The van der Waals surface area contributed by atoms with Crippen LogP contribution in [0.3, 0.4) is 0 Å². The molecular formula is C74H144O17P2. The Bertz CT molecular complexity index is 1840. The van der Waals surface area contributed by atoms with Gasteiger partial charge >= 0.3 is 39.5 Å². The van der Waals surface area contributed by atoms with Crippen molar-refractivity contribution in [2.45, 2.75) is 388 Å². The van der Waals surface area contributed by atoms with Crippen LogP contribution in [-0.2, 0) is 65.4 Å². The maximum absolute atomic E-state index is 13.1. The van der Waals surface area contributed by atoms with Crippen LogP contribution in [0.5, 0.6) is 0 Å². The third kappa shape index (κ3) is 67.0. The molecule has 0 aliphatic heterocycles. The lowest BCUT2D eigenvalue weighted by atomic mass is 9.99. The molecule has 0 aromatic carbocycles. The summed E-state index contributed by atoms with van der Waals surface area (Å²) < 4.78 is 68.4. The number of aliphatic hydroxyl groups excluding tert-OH is 1. The van der Waals surface area contributed by atoms with Crippen molar-refractivity contribution in [1.29, 1.82) is 0 Å².